The van der Waals surface area contributed by atoms with Gasteiger partial charge in [-0.15, -0.1) is 0 Å². The standard InChI is InChI=1S/C14H18N2/c1-15-8-6-11(10-15)12-4-3-5-14-13(12)7-9-16(14)2/h3-6H,7-10H2,1-2H3. The first kappa shape index (κ1) is 9.91. The molecule has 84 valence electrons. The van der Waals surface area contributed by atoms with Gasteiger partial charge in [0.25, 0.3) is 0 Å². The van der Waals surface area contributed by atoms with E-state index in [0.29, 0.717) is 0 Å². The number of rotatable bonds is 1. The van der Waals surface area contributed by atoms with Gasteiger partial charge in [-0.3, -0.25) is 4.90 Å². The molecule has 2 nitrogen and oxygen atoms in total. The molecule has 0 bridgehead atoms. The summed E-state index contributed by atoms with van der Waals surface area (Å²) in [4.78, 5) is 4.71. The molecule has 1 aromatic rings. The summed E-state index contributed by atoms with van der Waals surface area (Å²) in [6.45, 7) is 3.35. The average molecular weight is 214 g/mol. The number of nitrogens with zero attached hydrogens (tertiary/aromatic N) is 2. The molecule has 0 fully saturated rings. The summed E-state index contributed by atoms with van der Waals surface area (Å²) in [5.41, 5.74) is 5.96. The highest BCUT2D eigenvalue weighted by atomic mass is 15.1. The summed E-state index contributed by atoms with van der Waals surface area (Å²) in [6, 6.07) is 6.71. The van der Waals surface area contributed by atoms with Gasteiger partial charge in [0.05, 0.1) is 0 Å². The molecule has 0 spiro atoms. The molecule has 2 heterocycles. The molecule has 0 unspecified atom stereocenters. The van der Waals surface area contributed by atoms with E-state index in [-0.39, 0.29) is 0 Å². The van der Waals surface area contributed by atoms with E-state index < -0.39 is 0 Å². The Morgan fingerprint density at radius 3 is 2.81 bits per heavy atom. The van der Waals surface area contributed by atoms with E-state index in [4.69, 9.17) is 0 Å². The van der Waals surface area contributed by atoms with Crippen molar-refractivity contribution in [1.29, 1.82) is 0 Å². The topological polar surface area (TPSA) is 6.48 Å². The van der Waals surface area contributed by atoms with Crippen LogP contribution < -0.4 is 4.90 Å². The zero-order valence-electron chi connectivity index (χ0n) is 10.0. The van der Waals surface area contributed by atoms with Crippen LogP contribution in [0.5, 0.6) is 0 Å². The van der Waals surface area contributed by atoms with Crippen LogP contribution in [0.1, 0.15) is 11.1 Å². The van der Waals surface area contributed by atoms with Gasteiger partial charge in [0, 0.05) is 32.4 Å². The van der Waals surface area contributed by atoms with Gasteiger partial charge < -0.3 is 4.90 Å². The lowest BCUT2D eigenvalue weighted by molar-refractivity contribution is 0.438. The maximum Gasteiger partial charge on any atom is 0.0403 e. The van der Waals surface area contributed by atoms with E-state index in [2.05, 4.69) is 48.2 Å². The first-order chi connectivity index (χ1) is 7.75. The number of likely N-dealkylation sites (N-methyl/N-ethyl adjacent to an activating group) is 2. The molecule has 3 rings (SSSR count). The second kappa shape index (κ2) is 3.63. The molecule has 1 aromatic carbocycles. The van der Waals surface area contributed by atoms with Gasteiger partial charge >= 0.3 is 0 Å². The van der Waals surface area contributed by atoms with Gasteiger partial charge in [0.15, 0.2) is 0 Å². The minimum Gasteiger partial charge on any atom is -0.374 e. The van der Waals surface area contributed by atoms with Crippen LogP contribution in [-0.4, -0.2) is 38.6 Å². The van der Waals surface area contributed by atoms with E-state index in [1.54, 1.807) is 5.56 Å². The first-order valence-electron chi connectivity index (χ1n) is 5.96. The smallest absolute Gasteiger partial charge is 0.0403 e. The van der Waals surface area contributed by atoms with E-state index in [1.165, 1.54) is 23.2 Å². The van der Waals surface area contributed by atoms with Crippen molar-refractivity contribution in [3.05, 3.63) is 35.4 Å². The van der Waals surface area contributed by atoms with Gasteiger partial charge in [0.2, 0.25) is 0 Å². The van der Waals surface area contributed by atoms with Crippen LogP contribution in [0.4, 0.5) is 5.69 Å². The largest absolute Gasteiger partial charge is 0.374 e. The molecule has 0 saturated carbocycles. The second-order valence-corrected chi connectivity index (χ2v) is 4.90. The third kappa shape index (κ3) is 1.45. The molecule has 2 aliphatic rings. The van der Waals surface area contributed by atoms with Crippen molar-refractivity contribution in [2.75, 3.05) is 38.6 Å². The van der Waals surface area contributed by atoms with Gasteiger partial charge in [-0.25, -0.2) is 0 Å². The fraction of sp³-hybridized carbons (Fsp3) is 0.429. The molecule has 2 heteroatoms. The summed E-state index contributed by atoms with van der Waals surface area (Å²) in [6.07, 6.45) is 3.57. The quantitative estimate of drug-likeness (QED) is 0.705. The monoisotopic (exact) mass is 214 g/mol. The van der Waals surface area contributed by atoms with Crippen LogP contribution in [0.15, 0.2) is 24.3 Å². The van der Waals surface area contributed by atoms with Crippen LogP contribution in [0.2, 0.25) is 0 Å². The normalized spacial score (nSPS) is 20.1. The van der Waals surface area contributed by atoms with Crippen LogP contribution in [-0.2, 0) is 6.42 Å². The number of anilines is 1. The Bertz CT molecular complexity index is 448. The predicted molar refractivity (Wildman–Crippen MR) is 68.9 cm³/mol. The molecule has 0 aromatic heterocycles. The minimum absolute atomic E-state index is 1.09. The average Bonchev–Trinajstić information content (AvgIpc) is 2.86. The van der Waals surface area contributed by atoms with E-state index in [0.717, 1.165) is 19.6 Å². The van der Waals surface area contributed by atoms with Crippen molar-refractivity contribution in [1.82, 2.24) is 4.90 Å². The third-order valence-electron chi connectivity index (χ3n) is 3.70. The van der Waals surface area contributed by atoms with E-state index >= 15 is 0 Å². The fourth-order valence-electron chi connectivity index (χ4n) is 2.78. The summed E-state index contributed by atoms with van der Waals surface area (Å²) in [7, 11) is 4.36. The van der Waals surface area contributed by atoms with Crippen LogP contribution in [0.25, 0.3) is 5.57 Å². The van der Waals surface area contributed by atoms with E-state index in [1.807, 2.05) is 0 Å². The van der Waals surface area contributed by atoms with Crippen molar-refractivity contribution < 1.29 is 0 Å². The van der Waals surface area contributed by atoms with E-state index in [9.17, 15) is 0 Å². The highest BCUT2D eigenvalue weighted by Gasteiger charge is 2.21. The maximum atomic E-state index is 2.37. The fourth-order valence-corrected chi connectivity index (χ4v) is 2.78. The molecule has 0 amide bonds. The Labute approximate surface area is 97.2 Å². The molecular weight excluding hydrogens is 196 g/mol. The predicted octanol–water partition coefficient (Wildman–Crippen LogP) is 2.01. The summed E-state index contributed by atoms with van der Waals surface area (Å²) >= 11 is 0. The van der Waals surface area contributed by atoms with Crippen molar-refractivity contribution in [3.8, 4) is 0 Å². The minimum atomic E-state index is 1.09. The summed E-state index contributed by atoms with van der Waals surface area (Å²) < 4.78 is 0. The van der Waals surface area contributed by atoms with Gasteiger partial charge in [-0.05, 0) is 36.2 Å². The SMILES string of the molecule is CN1CC=C(c2cccc3c2CCN3C)C1. The zero-order valence-corrected chi connectivity index (χ0v) is 10.0. The second-order valence-electron chi connectivity index (χ2n) is 4.90. The lowest BCUT2D eigenvalue weighted by atomic mass is 9.98. The Balaban J connectivity index is 2.03. The highest BCUT2D eigenvalue weighted by Crippen LogP contribution is 2.34. The molecule has 16 heavy (non-hydrogen) atoms. The molecule has 0 radical (unpaired) electrons. The van der Waals surface area contributed by atoms with Crippen molar-refractivity contribution in [3.63, 3.8) is 0 Å². The zero-order chi connectivity index (χ0) is 11.1. The number of fused-ring (bicyclic) bond motifs is 1. The van der Waals surface area contributed by atoms with Crippen LogP contribution in [0.3, 0.4) is 0 Å². The number of hydrogen-bond donors (Lipinski definition) is 0. The Hall–Kier alpha value is -1.28. The molecule has 0 saturated heterocycles. The van der Waals surface area contributed by atoms with Gasteiger partial charge in [-0.1, -0.05) is 18.2 Å². The lowest BCUT2D eigenvalue weighted by Crippen LogP contribution is -2.13. The summed E-state index contributed by atoms with van der Waals surface area (Å²) in [5.74, 6) is 0. The molecule has 0 aliphatic carbocycles. The Morgan fingerprint density at radius 1 is 1.19 bits per heavy atom. The number of benzene rings is 1. The lowest BCUT2D eigenvalue weighted by Gasteiger charge is -2.14. The Kier molecular flexibility index (Phi) is 2.25. The molecule has 0 N–H and O–H groups in total. The first-order valence-corrected chi connectivity index (χ1v) is 5.96. The van der Waals surface area contributed by atoms with Crippen LogP contribution >= 0.6 is 0 Å². The third-order valence-corrected chi connectivity index (χ3v) is 3.70. The molecular formula is C14H18N2. The summed E-state index contributed by atoms with van der Waals surface area (Å²) in [5, 5.41) is 0. The maximum absolute atomic E-state index is 2.37. The van der Waals surface area contributed by atoms with Crippen molar-refractivity contribution >= 4 is 11.3 Å². The van der Waals surface area contributed by atoms with Gasteiger partial charge in [-0.2, -0.15) is 0 Å². The molecule has 2 aliphatic heterocycles. The number of hydrogen-bond acceptors (Lipinski definition) is 2. The van der Waals surface area contributed by atoms with Crippen molar-refractivity contribution in [2.45, 2.75) is 6.42 Å². The van der Waals surface area contributed by atoms with Crippen molar-refractivity contribution in [2.24, 2.45) is 0 Å². The highest BCUT2D eigenvalue weighted by molar-refractivity contribution is 5.77. The molecule has 0 atom stereocenters. The van der Waals surface area contributed by atoms with Crippen LogP contribution in [0, 0.1) is 0 Å². The van der Waals surface area contributed by atoms with Gasteiger partial charge in [0.1, 0.15) is 0 Å². The Morgan fingerprint density at radius 2 is 2.06 bits per heavy atom.